The second-order valence-electron chi connectivity index (χ2n) is 4.01. The van der Waals surface area contributed by atoms with Gasteiger partial charge < -0.3 is 20.6 Å². The number of rotatable bonds is 3. The molecule has 0 radical (unpaired) electrons. The number of phenolic OH excluding ortho intramolecular Hbond substituents is 2. The Labute approximate surface area is 109 Å². The van der Waals surface area contributed by atoms with Crippen LogP contribution < -0.4 is 5.32 Å². The Bertz CT molecular complexity index is 593. The van der Waals surface area contributed by atoms with Gasteiger partial charge in [-0.15, -0.1) is 0 Å². The molecule has 0 fully saturated rings. The summed E-state index contributed by atoms with van der Waals surface area (Å²) in [5.74, 6) is -0.828. The SMILES string of the molecule is O=C(Nc1ccc(CO)cc1)c1cc(O)ccc1O. The number of aliphatic hydroxyl groups is 1. The number of amides is 1. The van der Waals surface area contributed by atoms with E-state index in [-0.39, 0.29) is 23.7 Å². The van der Waals surface area contributed by atoms with Crippen molar-refractivity contribution in [2.75, 3.05) is 5.32 Å². The molecule has 2 aromatic carbocycles. The fourth-order valence-electron chi connectivity index (χ4n) is 1.60. The largest absolute Gasteiger partial charge is 0.508 e. The lowest BCUT2D eigenvalue weighted by Crippen LogP contribution is -2.12. The van der Waals surface area contributed by atoms with Gasteiger partial charge in [0.15, 0.2) is 0 Å². The topological polar surface area (TPSA) is 89.8 Å². The van der Waals surface area contributed by atoms with E-state index in [0.29, 0.717) is 5.69 Å². The molecule has 0 aliphatic carbocycles. The highest BCUT2D eigenvalue weighted by Gasteiger charge is 2.12. The van der Waals surface area contributed by atoms with Crippen molar-refractivity contribution in [2.45, 2.75) is 6.61 Å². The summed E-state index contributed by atoms with van der Waals surface area (Å²) < 4.78 is 0. The zero-order valence-corrected chi connectivity index (χ0v) is 10.00. The van der Waals surface area contributed by atoms with Gasteiger partial charge in [0.25, 0.3) is 5.91 Å². The predicted octanol–water partition coefficient (Wildman–Crippen LogP) is 1.84. The maximum absolute atomic E-state index is 11.9. The molecule has 0 saturated carbocycles. The number of carbonyl (C=O) groups is 1. The van der Waals surface area contributed by atoms with Crippen LogP contribution in [0.5, 0.6) is 11.5 Å². The van der Waals surface area contributed by atoms with Gasteiger partial charge in [0.1, 0.15) is 11.5 Å². The normalized spacial score (nSPS) is 10.2. The van der Waals surface area contributed by atoms with Crippen LogP contribution in [0.15, 0.2) is 42.5 Å². The second kappa shape index (κ2) is 5.41. The molecule has 4 N–H and O–H groups in total. The zero-order chi connectivity index (χ0) is 13.8. The predicted molar refractivity (Wildman–Crippen MR) is 70.1 cm³/mol. The van der Waals surface area contributed by atoms with Crippen LogP contribution in [0.25, 0.3) is 0 Å². The summed E-state index contributed by atoms with van der Waals surface area (Å²) >= 11 is 0. The minimum atomic E-state index is -0.523. The molecule has 0 aromatic heterocycles. The summed E-state index contributed by atoms with van der Waals surface area (Å²) in [7, 11) is 0. The number of hydrogen-bond acceptors (Lipinski definition) is 4. The molecular formula is C14H13NO4. The molecule has 0 atom stereocenters. The van der Waals surface area contributed by atoms with Gasteiger partial charge in [-0.3, -0.25) is 4.79 Å². The van der Waals surface area contributed by atoms with Crippen molar-refractivity contribution in [3.63, 3.8) is 0 Å². The Kier molecular flexibility index (Phi) is 3.68. The fraction of sp³-hybridized carbons (Fsp3) is 0.0714. The van der Waals surface area contributed by atoms with Crippen LogP contribution in [-0.4, -0.2) is 21.2 Å². The maximum Gasteiger partial charge on any atom is 0.259 e. The van der Waals surface area contributed by atoms with Crippen molar-refractivity contribution in [1.29, 1.82) is 0 Å². The lowest BCUT2D eigenvalue weighted by molar-refractivity contribution is 0.102. The summed E-state index contributed by atoms with van der Waals surface area (Å²) in [6.45, 7) is -0.0679. The molecule has 5 nitrogen and oxygen atoms in total. The summed E-state index contributed by atoms with van der Waals surface area (Å²) in [5, 5.41) is 30.4. The fourth-order valence-corrected chi connectivity index (χ4v) is 1.60. The molecule has 0 heterocycles. The Morgan fingerprint density at radius 2 is 1.74 bits per heavy atom. The van der Waals surface area contributed by atoms with Gasteiger partial charge in [-0.05, 0) is 35.9 Å². The molecule has 2 rings (SSSR count). The molecule has 5 heteroatoms. The third-order valence-electron chi connectivity index (χ3n) is 2.62. The van der Waals surface area contributed by atoms with Crippen molar-refractivity contribution in [2.24, 2.45) is 0 Å². The molecular weight excluding hydrogens is 246 g/mol. The van der Waals surface area contributed by atoms with Crippen molar-refractivity contribution < 1.29 is 20.1 Å². The van der Waals surface area contributed by atoms with Gasteiger partial charge in [-0.1, -0.05) is 12.1 Å². The molecule has 0 saturated heterocycles. The van der Waals surface area contributed by atoms with E-state index in [1.807, 2.05) is 0 Å². The monoisotopic (exact) mass is 259 g/mol. The van der Waals surface area contributed by atoms with Crippen LogP contribution in [0.4, 0.5) is 5.69 Å². The van der Waals surface area contributed by atoms with Crippen molar-refractivity contribution in [3.05, 3.63) is 53.6 Å². The summed E-state index contributed by atoms with van der Waals surface area (Å²) in [6, 6.07) is 10.4. The van der Waals surface area contributed by atoms with E-state index in [0.717, 1.165) is 5.56 Å². The number of benzene rings is 2. The van der Waals surface area contributed by atoms with E-state index in [1.54, 1.807) is 24.3 Å². The second-order valence-corrected chi connectivity index (χ2v) is 4.01. The van der Waals surface area contributed by atoms with E-state index >= 15 is 0 Å². The Balaban J connectivity index is 2.18. The maximum atomic E-state index is 11.9. The first-order chi connectivity index (χ1) is 9.10. The van der Waals surface area contributed by atoms with E-state index in [9.17, 15) is 15.0 Å². The highest BCUT2D eigenvalue weighted by atomic mass is 16.3. The van der Waals surface area contributed by atoms with Gasteiger partial charge >= 0.3 is 0 Å². The number of aliphatic hydroxyl groups excluding tert-OH is 1. The van der Waals surface area contributed by atoms with E-state index < -0.39 is 5.91 Å². The third kappa shape index (κ3) is 3.02. The van der Waals surface area contributed by atoms with Crippen LogP contribution in [-0.2, 0) is 6.61 Å². The molecule has 2 aromatic rings. The van der Waals surface area contributed by atoms with E-state index in [4.69, 9.17) is 5.11 Å². The van der Waals surface area contributed by atoms with Gasteiger partial charge in [-0.2, -0.15) is 0 Å². The number of hydrogen-bond donors (Lipinski definition) is 4. The summed E-state index contributed by atoms with van der Waals surface area (Å²) in [4.78, 5) is 11.9. The van der Waals surface area contributed by atoms with Crippen LogP contribution in [0.3, 0.4) is 0 Å². The number of aromatic hydroxyl groups is 2. The number of anilines is 1. The number of nitrogens with one attached hydrogen (secondary N) is 1. The van der Waals surface area contributed by atoms with Crippen LogP contribution in [0, 0.1) is 0 Å². The molecule has 1 amide bonds. The Morgan fingerprint density at radius 3 is 2.37 bits per heavy atom. The first-order valence-corrected chi connectivity index (χ1v) is 5.63. The van der Waals surface area contributed by atoms with Gasteiger partial charge in [0.05, 0.1) is 12.2 Å². The van der Waals surface area contributed by atoms with E-state index in [2.05, 4.69) is 5.32 Å². The zero-order valence-electron chi connectivity index (χ0n) is 10.00. The van der Waals surface area contributed by atoms with Crippen LogP contribution in [0.2, 0.25) is 0 Å². The average Bonchev–Trinajstić information content (AvgIpc) is 2.42. The lowest BCUT2D eigenvalue weighted by atomic mass is 10.1. The standard InChI is InChI=1S/C14H13NO4/c16-8-9-1-3-10(4-2-9)15-14(19)12-7-11(17)5-6-13(12)18/h1-7,16-18H,8H2,(H,15,19). The minimum absolute atomic E-state index is 0.00812. The molecule has 19 heavy (non-hydrogen) atoms. The molecule has 0 unspecified atom stereocenters. The quantitative estimate of drug-likeness (QED) is 0.633. The van der Waals surface area contributed by atoms with Gasteiger partial charge in [0, 0.05) is 5.69 Å². The van der Waals surface area contributed by atoms with Crippen LogP contribution >= 0.6 is 0 Å². The molecule has 0 spiro atoms. The minimum Gasteiger partial charge on any atom is -0.508 e. The van der Waals surface area contributed by atoms with E-state index in [1.165, 1.54) is 18.2 Å². The Hall–Kier alpha value is -2.53. The highest BCUT2D eigenvalue weighted by molar-refractivity contribution is 6.06. The number of carbonyl (C=O) groups excluding carboxylic acids is 1. The summed E-state index contributed by atoms with van der Waals surface area (Å²) in [6.07, 6.45) is 0. The van der Waals surface area contributed by atoms with Crippen LogP contribution in [0.1, 0.15) is 15.9 Å². The average molecular weight is 259 g/mol. The molecule has 0 bridgehead atoms. The summed E-state index contributed by atoms with van der Waals surface area (Å²) in [5.41, 5.74) is 1.26. The van der Waals surface area contributed by atoms with Crippen molar-refractivity contribution in [3.8, 4) is 11.5 Å². The lowest BCUT2D eigenvalue weighted by Gasteiger charge is -2.07. The molecule has 0 aliphatic heterocycles. The van der Waals surface area contributed by atoms with Gasteiger partial charge in [0.2, 0.25) is 0 Å². The Morgan fingerprint density at radius 1 is 1.05 bits per heavy atom. The highest BCUT2D eigenvalue weighted by Crippen LogP contribution is 2.23. The third-order valence-corrected chi connectivity index (χ3v) is 2.62. The first-order valence-electron chi connectivity index (χ1n) is 5.63. The van der Waals surface area contributed by atoms with Gasteiger partial charge in [-0.25, -0.2) is 0 Å². The molecule has 98 valence electrons. The molecule has 0 aliphatic rings. The van der Waals surface area contributed by atoms with Crippen molar-refractivity contribution in [1.82, 2.24) is 0 Å². The first kappa shape index (κ1) is 12.9. The smallest absolute Gasteiger partial charge is 0.259 e. The number of phenols is 2. The van der Waals surface area contributed by atoms with Crippen molar-refractivity contribution >= 4 is 11.6 Å².